The molecule has 7 heteroatoms. The zero-order valence-corrected chi connectivity index (χ0v) is 19.2. The maximum atomic E-state index is 13.6. The van der Waals surface area contributed by atoms with Crippen LogP contribution in [-0.4, -0.2) is 43.0 Å². The Morgan fingerprint density at radius 2 is 1.83 bits per heavy atom. The molecule has 0 saturated carbocycles. The van der Waals surface area contributed by atoms with Gasteiger partial charge in [-0.15, -0.1) is 11.3 Å². The molecule has 0 aliphatic heterocycles. The van der Waals surface area contributed by atoms with Gasteiger partial charge in [-0.05, 0) is 51.2 Å². The first-order valence-electron chi connectivity index (χ1n) is 9.36. The van der Waals surface area contributed by atoms with E-state index in [4.69, 9.17) is 16.6 Å². The molecule has 0 atom stereocenters. The fourth-order valence-corrected chi connectivity index (χ4v) is 5.96. The van der Waals surface area contributed by atoms with Crippen molar-refractivity contribution in [2.24, 2.45) is 0 Å². The lowest BCUT2D eigenvalue weighted by atomic mass is 10.1. The maximum Gasteiger partial charge on any atom is 0.271 e. The van der Waals surface area contributed by atoms with Gasteiger partial charge in [-0.1, -0.05) is 47.2 Å². The maximum absolute atomic E-state index is 13.6. The summed E-state index contributed by atoms with van der Waals surface area (Å²) in [5.74, 6) is -0.0912. The van der Waals surface area contributed by atoms with Crippen LogP contribution in [0.5, 0.6) is 0 Å². The van der Waals surface area contributed by atoms with Gasteiger partial charge in [-0.25, -0.2) is 4.98 Å². The third kappa shape index (κ3) is 3.90. The zero-order valence-electron chi connectivity index (χ0n) is 16.8. The van der Waals surface area contributed by atoms with E-state index in [0.717, 1.165) is 32.4 Å². The van der Waals surface area contributed by atoms with E-state index in [1.807, 2.05) is 38.4 Å². The lowest BCUT2D eigenvalue weighted by Crippen LogP contribution is -2.36. The average molecular weight is 444 g/mol. The van der Waals surface area contributed by atoms with Crippen molar-refractivity contribution in [3.8, 4) is 0 Å². The summed E-state index contributed by atoms with van der Waals surface area (Å²) in [4.78, 5) is 22.8. The van der Waals surface area contributed by atoms with Crippen LogP contribution in [-0.2, 0) is 0 Å². The Balaban J connectivity index is 1.80. The number of amides is 1. The Hall–Kier alpha value is -1.99. The van der Waals surface area contributed by atoms with Gasteiger partial charge >= 0.3 is 0 Å². The summed E-state index contributed by atoms with van der Waals surface area (Å²) < 4.78 is 2.12. The molecule has 0 unspecified atom stereocenters. The van der Waals surface area contributed by atoms with Crippen LogP contribution >= 0.6 is 34.3 Å². The molecule has 4 aromatic rings. The van der Waals surface area contributed by atoms with Crippen LogP contribution in [0.4, 0.5) is 5.13 Å². The number of thiazole rings is 1. The van der Waals surface area contributed by atoms with Gasteiger partial charge in [-0.2, -0.15) is 0 Å². The average Bonchev–Trinajstić information content (AvgIpc) is 3.23. The lowest BCUT2D eigenvalue weighted by molar-refractivity contribution is 0.0989. The highest BCUT2D eigenvalue weighted by Crippen LogP contribution is 2.38. The molecule has 4 nitrogen and oxygen atoms in total. The van der Waals surface area contributed by atoms with Gasteiger partial charge in [0, 0.05) is 23.2 Å². The van der Waals surface area contributed by atoms with E-state index < -0.39 is 0 Å². The SMILES string of the molecule is Cc1cc(C)c2nc(N(CCN(C)C)C(=O)c3sc4ccccc4c3Cl)sc2c1. The van der Waals surface area contributed by atoms with E-state index in [2.05, 4.69) is 30.9 Å². The number of hydrogen-bond donors (Lipinski definition) is 0. The van der Waals surface area contributed by atoms with Gasteiger partial charge in [0.25, 0.3) is 5.91 Å². The topological polar surface area (TPSA) is 36.4 Å². The fourth-order valence-electron chi connectivity index (χ4n) is 3.33. The van der Waals surface area contributed by atoms with Crippen LogP contribution in [0.25, 0.3) is 20.3 Å². The molecular weight excluding hydrogens is 422 g/mol. The van der Waals surface area contributed by atoms with Crippen molar-refractivity contribution < 1.29 is 4.79 Å². The lowest BCUT2D eigenvalue weighted by Gasteiger charge is -2.21. The summed E-state index contributed by atoms with van der Waals surface area (Å²) in [7, 11) is 4.00. The van der Waals surface area contributed by atoms with E-state index in [1.54, 1.807) is 16.2 Å². The molecule has 0 aliphatic rings. The monoisotopic (exact) mass is 443 g/mol. The van der Waals surface area contributed by atoms with E-state index in [0.29, 0.717) is 21.6 Å². The van der Waals surface area contributed by atoms with Crippen molar-refractivity contribution >= 4 is 65.6 Å². The van der Waals surface area contributed by atoms with Gasteiger partial charge < -0.3 is 4.90 Å². The summed E-state index contributed by atoms with van der Waals surface area (Å²) in [5, 5.41) is 2.17. The predicted octanol–water partition coefficient (Wildman–Crippen LogP) is 5.99. The number of halogens is 1. The molecule has 2 aromatic carbocycles. The van der Waals surface area contributed by atoms with E-state index >= 15 is 0 Å². The Labute approximate surface area is 183 Å². The molecule has 0 aliphatic carbocycles. The second-order valence-corrected chi connectivity index (χ2v) is 9.87. The third-order valence-electron chi connectivity index (χ3n) is 4.79. The fraction of sp³-hybridized carbons (Fsp3) is 0.273. The standard InChI is InChI=1S/C22H22ClN3OS2/c1-13-11-14(2)19-17(12-13)29-22(24-19)26(10-9-25(3)4)21(27)20-18(23)15-7-5-6-8-16(15)28-20/h5-8,11-12H,9-10H2,1-4H3. The number of nitrogens with zero attached hydrogens (tertiary/aromatic N) is 3. The number of hydrogen-bond acceptors (Lipinski definition) is 5. The summed E-state index contributed by atoms with van der Waals surface area (Å²) in [6.07, 6.45) is 0. The molecule has 2 heterocycles. The van der Waals surface area contributed by atoms with Crippen molar-refractivity contribution in [2.45, 2.75) is 13.8 Å². The molecule has 0 fully saturated rings. The molecule has 4 rings (SSSR count). The van der Waals surface area contributed by atoms with Gasteiger partial charge in [0.2, 0.25) is 0 Å². The summed E-state index contributed by atoms with van der Waals surface area (Å²) >= 11 is 9.61. The van der Waals surface area contributed by atoms with Gasteiger partial charge in [0.15, 0.2) is 5.13 Å². The van der Waals surface area contributed by atoms with Crippen molar-refractivity contribution in [3.63, 3.8) is 0 Å². The zero-order chi connectivity index (χ0) is 20.7. The van der Waals surface area contributed by atoms with Gasteiger partial charge in [-0.3, -0.25) is 9.69 Å². The number of carbonyl (C=O) groups excluding carboxylic acids is 1. The number of aryl methyl sites for hydroxylation is 2. The highest BCUT2D eigenvalue weighted by molar-refractivity contribution is 7.23. The Kier molecular flexibility index (Phi) is 5.62. The Morgan fingerprint density at radius 1 is 1.07 bits per heavy atom. The van der Waals surface area contributed by atoms with Crippen molar-refractivity contribution in [3.05, 3.63) is 57.4 Å². The molecule has 1 amide bonds. The first-order valence-corrected chi connectivity index (χ1v) is 11.4. The summed E-state index contributed by atoms with van der Waals surface area (Å²) in [6.45, 7) is 5.43. The van der Waals surface area contributed by atoms with Crippen molar-refractivity contribution in [1.29, 1.82) is 0 Å². The van der Waals surface area contributed by atoms with E-state index in [1.165, 1.54) is 16.9 Å². The van der Waals surface area contributed by atoms with Crippen LogP contribution in [0.1, 0.15) is 20.8 Å². The number of aromatic nitrogens is 1. The third-order valence-corrected chi connectivity index (χ3v) is 7.48. The molecule has 29 heavy (non-hydrogen) atoms. The van der Waals surface area contributed by atoms with E-state index in [-0.39, 0.29) is 5.91 Å². The van der Waals surface area contributed by atoms with Crippen LogP contribution in [0.15, 0.2) is 36.4 Å². The smallest absolute Gasteiger partial charge is 0.271 e. The van der Waals surface area contributed by atoms with Crippen LogP contribution in [0.3, 0.4) is 0 Å². The largest absolute Gasteiger partial charge is 0.308 e. The van der Waals surface area contributed by atoms with E-state index in [9.17, 15) is 4.79 Å². The van der Waals surface area contributed by atoms with Crippen LogP contribution in [0, 0.1) is 13.8 Å². The second kappa shape index (κ2) is 8.03. The molecule has 0 N–H and O–H groups in total. The minimum absolute atomic E-state index is 0.0912. The number of anilines is 1. The number of rotatable bonds is 5. The number of fused-ring (bicyclic) bond motifs is 2. The van der Waals surface area contributed by atoms with Crippen LogP contribution in [0.2, 0.25) is 5.02 Å². The Bertz CT molecular complexity index is 1210. The highest BCUT2D eigenvalue weighted by atomic mass is 35.5. The quantitative estimate of drug-likeness (QED) is 0.380. The van der Waals surface area contributed by atoms with Crippen molar-refractivity contribution in [2.75, 3.05) is 32.1 Å². The number of likely N-dealkylation sites (N-methyl/N-ethyl adjacent to an activating group) is 1. The number of thiophene rings is 1. The minimum Gasteiger partial charge on any atom is -0.308 e. The summed E-state index contributed by atoms with van der Waals surface area (Å²) in [6, 6.07) is 12.1. The second-order valence-electron chi connectivity index (χ2n) is 7.43. The first kappa shape index (κ1) is 20.3. The molecule has 150 valence electrons. The molecule has 0 spiro atoms. The number of carbonyl (C=O) groups is 1. The van der Waals surface area contributed by atoms with Crippen molar-refractivity contribution in [1.82, 2.24) is 9.88 Å². The molecule has 0 saturated heterocycles. The molecular formula is C22H22ClN3OS2. The first-order chi connectivity index (χ1) is 13.8. The molecule has 2 aromatic heterocycles. The predicted molar refractivity (Wildman–Crippen MR) is 126 cm³/mol. The number of benzene rings is 2. The summed E-state index contributed by atoms with van der Waals surface area (Å²) in [5.41, 5.74) is 3.28. The van der Waals surface area contributed by atoms with Gasteiger partial charge in [0.1, 0.15) is 4.88 Å². The highest BCUT2D eigenvalue weighted by Gasteiger charge is 2.26. The molecule has 0 radical (unpaired) electrons. The Morgan fingerprint density at radius 3 is 2.55 bits per heavy atom. The molecule has 0 bridgehead atoms. The minimum atomic E-state index is -0.0912. The normalized spacial score (nSPS) is 11.7. The van der Waals surface area contributed by atoms with Crippen LogP contribution < -0.4 is 4.90 Å². The van der Waals surface area contributed by atoms with Gasteiger partial charge in [0.05, 0.1) is 15.2 Å².